The third kappa shape index (κ3) is 1.27. The molecule has 0 N–H and O–H groups in total. The summed E-state index contributed by atoms with van der Waals surface area (Å²) in [6, 6.07) is 9.13. The fraction of sp³-hybridized carbons (Fsp3) is 0.357. The van der Waals surface area contributed by atoms with E-state index in [0.29, 0.717) is 5.69 Å². The molecule has 1 aromatic rings. The maximum atomic E-state index is 12.0. The van der Waals surface area contributed by atoms with Crippen molar-refractivity contribution in [2.45, 2.75) is 18.6 Å². The van der Waals surface area contributed by atoms with E-state index < -0.39 is 29.6 Å². The Balaban J connectivity index is 2.23. The van der Waals surface area contributed by atoms with Gasteiger partial charge in [0.05, 0.1) is 24.3 Å². The lowest BCUT2D eigenvalue weighted by molar-refractivity contribution is -0.142. The molecule has 1 fully saturated rings. The lowest BCUT2D eigenvalue weighted by Gasteiger charge is -2.26. The summed E-state index contributed by atoms with van der Waals surface area (Å²) in [5.41, 5.74) is 0.476. The van der Waals surface area contributed by atoms with Gasteiger partial charge in [-0.25, -0.2) is 9.69 Å². The number of hydrogen-bond acceptors (Lipinski definition) is 5. The van der Waals surface area contributed by atoms with Crippen molar-refractivity contribution in [2.24, 2.45) is 5.92 Å². The monoisotopic (exact) mass is 272 g/mol. The van der Waals surface area contributed by atoms with Gasteiger partial charge in [-0.1, -0.05) is 18.2 Å². The van der Waals surface area contributed by atoms with E-state index in [-0.39, 0.29) is 0 Å². The van der Waals surface area contributed by atoms with Crippen LogP contribution in [-0.2, 0) is 19.7 Å². The zero-order valence-corrected chi connectivity index (χ0v) is 11.0. The van der Waals surface area contributed by atoms with Crippen LogP contribution in [0.5, 0.6) is 0 Å². The van der Waals surface area contributed by atoms with E-state index in [0.717, 1.165) is 5.56 Å². The van der Waals surface area contributed by atoms with Gasteiger partial charge in [-0.05, 0) is 18.6 Å². The highest BCUT2D eigenvalue weighted by atomic mass is 16.6. The number of methoxy groups -OCH3 is 1. The Labute approximate surface area is 115 Å². The van der Waals surface area contributed by atoms with Gasteiger partial charge in [-0.3, -0.25) is 4.79 Å². The Morgan fingerprint density at radius 3 is 2.85 bits per heavy atom. The summed E-state index contributed by atoms with van der Waals surface area (Å²) in [6.45, 7) is 1.76. The Morgan fingerprint density at radius 1 is 1.50 bits per heavy atom. The summed E-state index contributed by atoms with van der Waals surface area (Å²) in [7, 11) is 1.26. The molecule has 1 saturated heterocycles. The van der Waals surface area contributed by atoms with E-state index >= 15 is 0 Å². The van der Waals surface area contributed by atoms with Crippen LogP contribution >= 0.6 is 0 Å². The smallest absolute Gasteiger partial charge is 0.417 e. The molecule has 2 aliphatic heterocycles. The van der Waals surface area contributed by atoms with Crippen LogP contribution in [0.15, 0.2) is 24.3 Å². The van der Waals surface area contributed by atoms with Crippen LogP contribution in [-0.4, -0.2) is 25.4 Å². The lowest BCUT2D eigenvalue weighted by atomic mass is 9.74. The van der Waals surface area contributed by atoms with Gasteiger partial charge in [0, 0.05) is 0 Å². The number of amides is 1. The first-order valence-corrected chi connectivity index (χ1v) is 6.12. The summed E-state index contributed by atoms with van der Waals surface area (Å²) in [4.78, 5) is 25.2. The number of ether oxygens (including phenoxy) is 2. The van der Waals surface area contributed by atoms with Crippen LogP contribution in [0.25, 0.3) is 0 Å². The van der Waals surface area contributed by atoms with E-state index in [1.807, 2.05) is 6.07 Å². The Kier molecular flexibility index (Phi) is 2.48. The Bertz CT molecular complexity index is 651. The summed E-state index contributed by atoms with van der Waals surface area (Å²) < 4.78 is 10.0. The number of hydrogen-bond donors (Lipinski definition) is 0. The standard InChI is InChI=1S/C14H12N2O4/c1-14-8-5-3-4-6-10(8)16(13(18)19-2)12(14)20-11(17)9(14)7-15/h3-6,9,12H,1-2H3/t9-,12-,14+/m1/s1. The highest BCUT2D eigenvalue weighted by molar-refractivity contribution is 5.95. The van der Waals surface area contributed by atoms with Crippen LogP contribution < -0.4 is 4.90 Å². The third-order valence-corrected chi connectivity index (χ3v) is 4.06. The van der Waals surface area contributed by atoms with E-state index in [4.69, 9.17) is 9.47 Å². The molecular weight excluding hydrogens is 260 g/mol. The topological polar surface area (TPSA) is 79.6 Å². The van der Waals surface area contributed by atoms with Crippen LogP contribution in [0.1, 0.15) is 12.5 Å². The van der Waals surface area contributed by atoms with E-state index in [1.54, 1.807) is 31.2 Å². The molecule has 0 bridgehead atoms. The van der Waals surface area contributed by atoms with Gasteiger partial charge in [0.2, 0.25) is 0 Å². The number of nitriles is 1. The number of esters is 1. The molecular formula is C14H12N2O4. The van der Waals surface area contributed by atoms with Gasteiger partial charge in [-0.2, -0.15) is 5.26 Å². The molecule has 102 valence electrons. The fourth-order valence-electron chi connectivity index (χ4n) is 3.04. The Morgan fingerprint density at radius 2 is 2.20 bits per heavy atom. The first kappa shape index (κ1) is 12.5. The number of para-hydroxylation sites is 1. The maximum Gasteiger partial charge on any atom is 0.417 e. The molecule has 0 aliphatic carbocycles. The average molecular weight is 272 g/mol. The van der Waals surface area contributed by atoms with Crippen molar-refractivity contribution in [3.63, 3.8) is 0 Å². The molecule has 3 atom stereocenters. The minimum absolute atomic E-state index is 0.608. The molecule has 20 heavy (non-hydrogen) atoms. The second-order valence-corrected chi connectivity index (χ2v) is 4.99. The summed E-state index contributed by atoms with van der Waals surface area (Å²) in [6.07, 6.45) is -1.46. The minimum atomic E-state index is -0.941. The number of carbonyl (C=O) groups is 2. The van der Waals surface area contributed by atoms with Crippen LogP contribution in [0.4, 0.5) is 10.5 Å². The van der Waals surface area contributed by atoms with Crippen molar-refractivity contribution in [1.29, 1.82) is 5.26 Å². The summed E-state index contributed by atoms with van der Waals surface area (Å²) >= 11 is 0. The zero-order valence-electron chi connectivity index (χ0n) is 11.0. The second kappa shape index (κ2) is 3.97. The molecule has 0 aromatic heterocycles. The molecule has 6 nitrogen and oxygen atoms in total. The largest absolute Gasteiger partial charge is 0.452 e. The van der Waals surface area contributed by atoms with E-state index in [9.17, 15) is 14.9 Å². The summed E-state index contributed by atoms with van der Waals surface area (Å²) in [5, 5.41) is 9.27. The number of rotatable bonds is 0. The van der Waals surface area contributed by atoms with Crippen LogP contribution in [0, 0.1) is 17.2 Å². The van der Waals surface area contributed by atoms with Gasteiger partial charge in [0.1, 0.15) is 0 Å². The molecule has 2 heterocycles. The molecule has 2 aliphatic rings. The SMILES string of the molecule is COC(=O)N1c2ccccc2[C@@]2(C)[C@H](C#N)C(=O)O[C@@H]12. The third-order valence-electron chi connectivity index (χ3n) is 4.06. The molecule has 1 aromatic carbocycles. The molecule has 6 heteroatoms. The molecule has 0 radical (unpaired) electrons. The van der Waals surface area contributed by atoms with Crippen molar-refractivity contribution in [1.82, 2.24) is 0 Å². The quantitative estimate of drug-likeness (QED) is 0.669. The lowest BCUT2D eigenvalue weighted by Crippen LogP contribution is -2.45. The number of fused-ring (bicyclic) bond motifs is 3. The van der Waals surface area contributed by atoms with Gasteiger partial charge < -0.3 is 9.47 Å². The number of anilines is 1. The molecule has 0 unspecified atom stereocenters. The van der Waals surface area contributed by atoms with Crippen LogP contribution in [0.3, 0.4) is 0 Å². The Hall–Kier alpha value is -2.55. The summed E-state index contributed by atoms with van der Waals surface area (Å²) in [5.74, 6) is -1.55. The van der Waals surface area contributed by atoms with Gasteiger partial charge >= 0.3 is 12.1 Å². The van der Waals surface area contributed by atoms with Gasteiger partial charge in [-0.15, -0.1) is 0 Å². The number of nitrogens with zero attached hydrogens (tertiary/aromatic N) is 2. The minimum Gasteiger partial charge on any atom is -0.452 e. The predicted molar refractivity (Wildman–Crippen MR) is 67.7 cm³/mol. The number of carbonyl (C=O) groups excluding carboxylic acids is 2. The fourth-order valence-corrected chi connectivity index (χ4v) is 3.04. The maximum absolute atomic E-state index is 12.0. The normalized spacial score (nSPS) is 30.2. The first-order valence-electron chi connectivity index (χ1n) is 6.12. The molecule has 3 rings (SSSR count). The predicted octanol–water partition coefficient (Wildman–Crippen LogP) is 1.55. The highest BCUT2D eigenvalue weighted by Crippen LogP contribution is 2.53. The zero-order chi connectivity index (χ0) is 14.5. The second-order valence-electron chi connectivity index (χ2n) is 4.99. The first-order chi connectivity index (χ1) is 9.55. The van der Waals surface area contributed by atoms with Crippen molar-refractivity contribution in [2.75, 3.05) is 12.0 Å². The van der Waals surface area contributed by atoms with E-state index in [1.165, 1.54) is 12.0 Å². The van der Waals surface area contributed by atoms with Crippen molar-refractivity contribution >= 4 is 17.7 Å². The molecule has 0 spiro atoms. The highest BCUT2D eigenvalue weighted by Gasteiger charge is 2.64. The number of benzene rings is 1. The van der Waals surface area contributed by atoms with Crippen molar-refractivity contribution < 1.29 is 19.1 Å². The van der Waals surface area contributed by atoms with Crippen molar-refractivity contribution in [3.05, 3.63) is 29.8 Å². The van der Waals surface area contributed by atoms with Gasteiger partial charge in [0.15, 0.2) is 12.1 Å². The molecule has 0 saturated carbocycles. The average Bonchev–Trinajstić information content (AvgIpc) is 2.84. The van der Waals surface area contributed by atoms with Crippen molar-refractivity contribution in [3.8, 4) is 6.07 Å². The molecule has 1 amide bonds. The van der Waals surface area contributed by atoms with E-state index in [2.05, 4.69) is 0 Å². The van der Waals surface area contributed by atoms with Crippen LogP contribution in [0.2, 0.25) is 0 Å². The van der Waals surface area contributed by atoms with Gasteiger partial charge in [0.25, 0.3) is 0 Å².